The van der Waals surface area contributed by atoms with Gasteiger partial charge in [-0.3, -0.25) is 4.79 Å². The highest BCUT2D eigenvalue weighted by Gasteiger charge is 2.54. The van der Waals surface area contributed by atoms with Gasteiger partial charge in [-0.15, -0.1) is 6.58 Å². The van der Waals surface area contributed by atoms with Crippen LogP contribution in [-0.2, 0) is 4.79 Å². The van der Waals surface area contributed by atoms with Gasteiger partial charge in [-0.2, -0.15) is 0 Å². The molecule has 0 aromatic rings. The lowest BCUT2D eigenvalue weighted by Crippen LogP contribution is -2.54. The lowest BCUT2D eigenvalue weighted by atomic mass is 9.54. The van der Waals surface area contributed by atoms with Crippen LogP contribution in [0.3, 0.4) is 0 Å². The van der Waals surface area contributed by atoms with Gasteiger partial charge in [0.2, 0.25) is 0 Å². The van der Waals surface area contributed by atoms with Crippen LogP contribution in [0.2, 0.25) is 0 Å². The van der Waals surface area contributed by atoms with E-state index in [0.29, 0.717) is 12.8 Å². The summed E-state index contributed by atoms with van der Waals surface area (Å²) in [5, 5.41) is 10.2. The molecule has 3 fully saturated rings. The second-order valence-corrected chi connectivity index (χ2v) is 4.92. The molecule has 0 spiro atoms. The van der Waals surface area contributed by atoms with Crippen molar-refractivity contribution in [2.45, 2.75) is 38.2 Å². The number of ketones is 1. The molecule has 2 nitrogen and oxygen atoms in total. The van der Waals surface area contributed by atoms with Gasteiger partial charge in [-0.25, -0.2) is 0 Å². The summed E-state index contributed by atoms with van der Waals surface area (Å²) in [6.07, 6.45) is 4.82. The smallest absolute Gasteiger partial charge is 0.139 e. The first-order valence-corrected chi connectivity index (χ1v) is 4.88. The fourth-order valence-corrected chi connectivity index (χ4v) is 2.99. The second-order valence-electron chi connectivity index (χ2n) is 4.92. The van der Waals surface area contributed by atoms with Crippen LogP contribution in [-0.4, -0.2) is 16.5 Å². The summed E-state index contributed by atoms with van der Waals surface area (Å²) in [4.78, 5) is 11.6. The number of fused-ring (bicyclic) bond motifs is 3. The maximum Gasteiger partial charge on any atom is 0.139 e. The van der Waals surface area contributed by atoms with Gasteiger partial charge < -0.3 is 5.11 Å². The van der Waals surface area contributed by atoms with Crippen LogP contribution in [0.15, 0.2) is 12.7 Å². The zero-order valence-electron chi connectivity index (χ0n) is 8.05. The molecule has 0 aromatic heterocycles. The molecule has 3 aliphatic carbocycles. The molecular weight excluding hydrogens is 164 g/mol. The Bertz CT molecular complexity index is 271. The highest BCUT2D eigenvalue weighted by atomic mass is 16.3. The van der Waals surface area contributed by atoms with Crippen molar-refractivity contribution in [2.24, 2.45) is 11.3 Å². The maximum absolute atomic E-state index is 11.6. The van der Waals surface area contributed by atoms with Gasteiger partial charge in [0.05, 0.1) is 11.5 Å². The van der Waals surface area contributed by atoms with Crippen molar-refractivity contribution in [3.8, 4) is 0 Å². The van der Waals surface area contributed by atoms with Gasteiger partial charge >= 0.3 is 0 Å². The number of hydrogen-bond acceptors (Lipinski definition) is 2. The van der Waals surface area contributed by atoms with Crippen LogP contribution >= 0.6 is 0 Å². The normalized spacial score (nSPS) is 49.4. The third-order valence-electron chi connectivity index (χ3n) is 3.69. The summed E-state index contributed by atoms with van der Waals surface area (Å²) in [5.41, 5.74) is -0.892. The van der Waals surface area contributed by atoms with E-state index >= 15 is 0 Å². The Morgan fingerprint density at radius 1 is 1.69 bits per heavy atom. The van der Waals surface area contributed by atoms with Crippen molar-refractivity contribution < 1.29 is 9.90 Å². The summed E-state index contributed by atoms with van der Waals surface area (Å²) in [5.74, 6) is 0.0502. The van der Waals surface area contributed by atoms with Crippen LogP contribution in [0.25, 0.3) is 0 Å². The SMILES string of the molecule is C=CC1(O)CC2(C)CCC1C(=O)C2. The quantitative estimate of drug-likeness (QED) is 0.623. The molecule has 0 radical (unpaired) electrons. The fraction of sp³-hybridized carbons (Fsp3) is 0.727. The molecule has 3 aliphatic rings. The molecule has 0 heterocycles. The average molecular weight is 180 g/mol. The van der Waals surface area contributed by atoms with E-state index in [1.807, 2.05) is 0 Å². The molecule has 0 aromatic carbocycles. The van der Waals surface area contributed by atoms with Crippen molar-refractivity contribution in [3.05, 3.63) is 12.7 Å². The molecule has 0 saturated heterocycles. The zero-order chi connectivity index (χ0) is 9.69. The number of rotatable bonds is 1. The molecule has 2 heteroatoms. The minimum absolute atomic E-state index is 0.0226. The van der Waals surface area contributed by atoms with E-state index in [9.17, 15) is 9.90 Å². The monoisotopic (exact) mass is 180 g/mol. The third kappa shape index (κ3) is 1.16. The van der Waals surface area contributed by atoms with Gasteiger partial charge in [0.1, 0.15) is 5.78 Å². The van der Waals surface area contributed by atoms with Crippen LogP contribution in [0.5, 0.6) is 0 Å². The Morgan fingerprint density at radius 2 is 2.38 bits per heavy atom. The Morgan fingerprint density at radius 3 is 2.85 bits per heavy atom. The van der Waals surface area contributed by atoms with Crippen molar-refractivity contribution in [2.75, 3.05) is 0 Å². The van der Waals surface area contributed by atoms with Crippen LogP contribution in [0.1, 0.15) is 32.6 Å². The van der Waals surface area contributed by atoms with Crippen molar-refractivity contribution in [1.82, 2.24) is 0 Å². The van der Waals surface area contributed by atoms with Gasteiger partial charge in [-0.1, -0.05) is 13.0 Å². The van der Waals surface area contributed by atoms with Crippen molar-refractivity contribution in [1.29, 1.82) is 0 Å². The summed E-state index contributed by atoms with van der Waals surface area (Å²) in [7, 11) is 0. The highest BCUT2D eigenvalue weighted by molar-refractivity contribution is 5.85. The van der Waals surface area contributed by atoms with E-state index in [-0.39, 0.29) is 17.1 Å². The van der Waals surface area contributed by atoms with Gasteiger partial charge in [0.25, 0.3) is 0 Å². The van der Waals surface area contributed by atoms with Crippen LogP contribution < -0.4 is 0 Å². The molecule has 1 N–H and O–H groups in total. The minimum atomic E-state index is -0.914. The Balaban J connectivity index is 2.37. The number of hydrogen-bond donors (Lipinski definition) is 1. The van der Waals surface area contributed by atoms with Crippen LogP contribution in [0, 0.1) is 11.3 Å². The molecule has 3 atom stereocenters. The molecule has 0 aliphatic heterocycles. The first kappa shape index (κ1) is 8.95. The molecule has 3 unspecified atom stereocenters. The maximum atomic E-state index is 11.6. The van der Waals surface area contributed by atoms with Gasteiger partial charge in [0, 0.05) is 6.42 Å². The molecule has 2 bridgehead atoms. The predicted molar refractivity (Wildman–Crippen MR) is 50.2 cm³/mol. The van der Waals surface area contributed by atoms with E-state index in [0.717, 1.165) is 12.8 Å². The first-order chi connectivity index (χ1) is 5.99. The Kier molecular flexibility index (Phi) is 1.68. The second kappa shape index (κ2) is 2.44. The van der Waals surface area contributed by atoms with Crippen LogP contribution in [0.4, 0.5) is 0 Å². The van der Waals surface area contributed by atoms with E-state index in [1.165, 1.54) is 0 Å². The lowest BCUT2D eigenvalue weighted by molar-refractivity contribution is -0.152. The van der Waals surface area contributed by atoms with E-state index in [1.54, 1.807) is 6.08 Å². The number of Topliss-reactive ketones (excluding diaryl/α,β-unsaturated/α-hetero) is 1. The van der Waals surface area contributed by atoms with Crippen molar-refractivity contribution >= 4 is 5.78 Å². The zero-order valence-corrected chi connectivity index (χ0v) is 8.05. The first-order valence-electron chi connectivity index (χ1n) is 4.88. The van der Waals surface area contributed by atoms with E-state index < -0.39 is 5.60 Å². The lowest BCUT2D eigenvalue weighted by Gasteiger charge is -2.51. The van der Waals surface area contributed by atoms with Gasteiger partial charge in [-0.05, 0) is 24.7 Å². The Labute approximate surface area is 78.6 Å². The molecule has 13 heavy (non-hydrogen) atoms. The Hall–Kier alpha value is -0.630. The van der Waals surface area contributed by atoms with Gasteiger partial charge in [0.15, 0.2) is 0 Å². The topological polar surface area (TPSA) is 37.3 Å². The minimum Gasteiger partial charge on any atom is -0.385 e. The molecule has 72 valence electrons. The largest absolute Gasteiger partial charge is 0.385 e. The highest BCUT2D eigenvalue weighted by Crippen LogP contribution is 2.53. The third-order valence-corrected chi connectivity index (χ3v) is 3.69. The number of carbonyl (C=O) groups is 1. The molecule has 3 rings (SSSR count). The standard InChI is InChI=1S/C11H16O2/c1-3-11(13)7-10(2)5-4-8(11)9(12)6-10/h3,8,13H,1,4-7H2,2H3. The summed E-state index contributed by atoms with van der Waals surface area (Å²) >= 11 is 0. The number of carbonyl (C=O) groups excluding carboxylic acids is 1. The molecular formula is C11H16O2. The fourth-order valence-electron chi connectivity index (χ4n) is 2.99. The van der Waals surface area contributed by atoms with E-state index in [4.69, 9.17) is 0 Å². The summed E-state index contributed by atoms with van der Waals surface area (Å²) in [6.45, 7) is 5.73. The molecule has 0 amide bonds. The number of aliphatic hydroxyl groups is 1. The van der Waals surface area contributed by atoms with E-state index in [2.05, 4.69) is 13.5 Å². The predicted octanol–water partition coefficient (Wildman–Crippen LogP) is 1.68. The summed E-state index contributed by atoms with van der Waals surface area (Å²) < 4.78 is 0. The average Bonchev–Trinajstić information content (AvgIpc) is 2.02. The summed E-state index contributed by atoms with van der Waals surface area (Å²) in [6, 6.07) is 0. The molecule has 3 saturated carbocycles. The van der Waals surface area contributed by atoms with Crippen molar-refractivity contribution in [3.63, 3.8) is 0 Å².